The molecule has 0 rings (SSSR count). The smallest absolute Gasteiger partial charge is 0.305 e. The Morgan fingerprint density at radius 2 is 0.588 bits per heavy atom. The first-order valence-electron chi connectivity index (χ1n) is 36.3. The van der Waals surface area contributed by atoms with E-state index in [0.29, 0.717) is 19.4 Å². The fraction of sp³-hybridized carbons (Fsp3) is 0.892. The average molecular weight is 1120 g/mol. The molecule has 80 heavy (non-hydrogen) atoms. The highest BCUT2D eigenvalue weighted by Gasteiger charge is 2.18. The lowest BCUT2D eigenvalue weighted by Crippen LogP contribution is -2.45. The van der Waals surface area contributed by atoms with Crippen molar-refractivity contribution in [3.8, 4) is 0 Å². The third-order valence-electron chi connectivity index (χ3n) is 16.9. The summed E-state index contributed by atoms with van der Waals surface area (Å²) in [5.41, 5.74) is 0. The molecule has 0 aliphatic heterocycles. The molecule has 0 saturated carbocycles. The van der Waals surface area contributed by atoms with Crippen LogP contribution in [0.2, 0.25) is 0 Å². The summed E-state index contributed by atoms with van der Waals surface area (Å²) in [7, 11) is 0. The maximum Gasteiger partial charge on any atom is 0.305 e. The zero-order valence-corrected chi connectivity index (χ0v) is 54.1. The lowest BCUT2D eigenvalue weighted by molar-refractivity contribution is -0.143. The predicted molar refractivity (Wildman–Crippen MR) is 352 cm³/mol. The number of carbonyl (C=O) groups is 2. The van der Waals surface area contributed by atoms with Crippen molar-refractivity contribution in [1.29, 1.82) is 0 Å². The Kier molecular flexibility index (Phi) is 67.9. The zero-order valence-electron chi connectivity index (χ0n) is 54.1. The number of aliphatic hydroxyl groups is 2. The number of esters is 1. The zero-order chi connectivity index (χ0) is 57.8. The standard InChI is InChI=1S/C74H141NO5/c1-3-5-7-9-11-13-15-17-19-21-22-23-24-25-26-28-31-35-38-42-46-50-54-58-62-66-72(77)71(70-76)75-73(78)67-63-59-55-51-47-43-39-36-32-29-27-30-33-37-41-45-49-53-57-61-65-69-80-74(79)68-64-60-56-52-48-44-40-34-20-18-16-14-12-10-8-6-4-2/h18,20,29,32,62,66,71-72,76-77H,3-17,19,21-28,30-31,33-61,63-65,67-70H2,1-2H3,(H,75,78)/b20-18-,32-29-,66-62+. The molecule has 0 fully saturated rings. The second-order valence-electron chi connectivity index (χ2n) is 24.9. The van der Waals surface area contributed by atoms with Crippen LogP contribution in [0.1, 0.15) is 399 Å². The average Bonchev–Trinajstić information content (AvgIpc) is 3.46. The van der Waals surface area contributed by atoms with Gasteiger partial charge in [0.1, 0.15) is 0 Å². The molecule has 1 amide bonds. The predicted octanol–water partition coefficient (Wildman–Crippen LogP) is 23.5. The fourth-order valence-corrected chi connectivity index (χ4v) is 11.3. The Morgan fingerprint density at radius 3 is 0.887 bits per heavy atom. The van der Waals surface area contributed by atoms with Gasteiger partial charge in [0.15, 0.2) is 0 Å². The summed E-state index contributed by atoms with van der Waals surface area (Å²) in [6.07, 6.45) is 89.4. The summed E-state index contributed by atoms with van der Waals surface area (Å²) < 4.78 is 5.50. The molecule has 0 saturated heterocycles. The molecule has 0 aromatic rings. The van der Waals surface area contributed by atoms with Crippen LogP contribution in [0.5, 0.6) is 0 Å². The Morgan fingerprint density at radius 1 is 0.338 bits per heavy atom. The summed E-state index contributed by atoms with van der Waals surface area (Å²) >= 11 is 0. The van der Waals surface area contributed by atoms with Crippen LogP contribution in [0.25, 0.3) is 0 Å². The van der Waals surface area contributed by atoms with Crippen LogP contribution < -0.4 is 5.32 Å². The third kappa shape index (κ3) is 65.2. The van der Waals surface area contributed by atoms with Gasteiger partial charge in [-0.1, -0.05) is 339 Å². The fourth-order valence-electron chi connectivity index (χ4n) is 11.3. The molecule has 0 bridgehead atoms. The van der Waals surface area contributed by atoms with Crippen LogP contribution in [0, 0.1) is 0 Å². The molecule has 6 heteroatoms. The minimum Gasteiger partial charge on any atom is -0.466 e. The van der Waals surface area contributed by atoms with E-state index >= 15 is 0 Å². The molecule has 0 radical (unpaired) electrons. The SMILES string of the molecule is CCCCCCCC/C=C\CCCCCCCCCC(=O)OCCCCCCCCCCCC/C=C\CCCCCCCCCC(=O)NC(CO)C(O)/C=C/CCCCCCCCCCCCCCCCCCCCCCCCC. The van der Waals surface area contributed by atoms with Gasteiger partial charge < -0.3 is 20.3 Å². The van der Waals surface area contributed by atoms with Crippen LogP contribution in [-0.4, -0.2) is 47.4 Å². The first-order chi connectivity index (χ1) is 39.5. The maximum absolute atomic E-state index is 12.5. The van der Waals surface area contributed by atoms with Crippen molar-refractivity contribution in [2.75, 3.05) is 13.2 Å². The van der Waals surface area contributed by atoms with Gasteiger partial charge in [-0.3, -0.25) is 9.59 Å². The summed E-state index contributed by atoms with van der Waals surface area (Å²) in [5.74, 6) is -0.0667. The molecule has 472 valence electrons. The van der Waals surface area contributed by atoms with Crippen molar-refractivity contribution < 1.29 is 24.5 Å². The van der Waals surface area contributed by atoms with Gasteiger partial charge in [-0.25, -0.2) is 0 Å². The highest BCUT2D eigenvalue weighted by molar-refractivity contribution is 5.76. The number of ether oxygens (including phenoxy) is 1. The van der Waals surface area contributed by atoms with Crippen molar-refractivity contribution in [3.05, 3.63) is 36.5 Å². The maximum atomic E-state index is 12.5. The lowest BCUT2D eigenvalue weighted by atomic mass is 10.0. The van der Waals surface area contributed by atoms with E-state index in [1.54, 1.807) is 6.08 Å². The number of carbonyl (C=O) groups excluding carboxylic acids is 2. The van der Waals surface area contributed by atoms with Crippen LogP contribution in [-0.2, 0) is 14.3 Å². The van der Waals surface area contributed by atoms with Crippen molar-refractivity contribution >= 4 is 11.9 Å². The summed E-state index contributed by atoms with van der Waals surface area (Å²) in [6, 6.07) is -0.636. The van der Waals surface area contributed by atoms with E-state index in [1.807, 2.05) is 6.08 Å². The lowest BCUT2D eigenvalue weighted by Gasteiger charge is -2.20. The number of allylic oxidation sites excluding steroid dienone is 5. The topological polar surface area (TPSA) is 95.9 Å². The minimum absolute atomic E-state index is 0.00501. The van der Waals surface area contributed by atoms with E-state index in [9.17, 15) is 19.8 Å². The van der Waals surface area contributed by atoms with Crippen molar-refractivity contribution in [2.45, 2.75) is 411 Å². The second kappa shape index (κ2) is 69.6. The van der Waals surface area contributed by atoms with Gasteiger partial charge in [-0.2, -0.15) is 0 Å². The summed E-state index contributed by atoms with van der Waals surface area (Å²) in [6.45, 7) is 4.93. The molecule has 2 atom stereocenters. The van der Waals surface area contributed by atoms with E-state index < -0.39 is 12.1 Å². The number of hydrogen-bond donors (Lipinski definition) is 3. The van der Waals surface area contributed by atoms with Gasteiger partial charge in [0.05, 0.1) is 25.4 Å². The molecule has 0 aromatic carbocycles. The first kappa shape index (κ1) is 78.1. The molecule has 0 heterocycles. The van der Waals surface area contributed by atoms with Crippen molar-refractivity contribution in [2.24, 2.45) is 0 Å². The van der Waals surface area contributed by atoms with Gasteiger partial charge in [0, 0.05) is 12.8 Å². The van der Waals surface area contributed by atoms with Gasteiger partial charge >= 0.3 is 5.97 Å². The molecule has 6 nitrogen and oxygen atoms in total. The van der Waals surface area contributed by atoms with Gasteiger partial charge in [0.25, 0.3) is 0 Å². The molecular formula is C74H141NO5. The van der Waals surface area contributed by atoms with E-state index in [2.05, 4.69) is 43.5 Å². The molecule has 0 aromatic heterocycles. The Labute approximate surface area is 500 Å². The van der Waals surface area contributed by atoms with E-state index in [0.717, 1.165) is 51.4 Å². The number of unbranched alkanes of at least 4 members (excludes halogenated alkanes) is 53. The highest BCUT2D eigenvalue weighted by atomic mass is 16.5. The van der Waals surface area contributed by atoms with Gasteiger partial charge in [0.2, 0.25) is 5.91 Å². The van der Waals surface area contributed by atoms with Crippen LogP contribution in [0.4, 0.5) is 0 Å². The molecular weight excluding hydrogens is 983 g/mol. The molecule has 0 spiro atoms. The second-order valence-corrected chi connectivity index (χ2v) is 24.9. The Bertz CT molecular complexity index is 1300. The Hall–Kier alpha value is -1.92. The highest BCUT2D eigenvalue weighted by Crippen LogP contribution is 2.18. The quantitative estimate of drug-likeness (QED) is 0.0320. The number of hydrogen-bond acceptors (Lipinski definition) is 5. The first-order valence-corrected chi connectivity index (χ1v) is 36.3. The molecule has 2 unspecified atom stereocenters. The number of nitrogens with one attached hydrogen (secondary N) is 1. The third-order valence-corrected chi connectivity index (χ3v) is 16.9. The molecule has 3 N–H and O–H groups in total. The Balaban J connectivity index is 3.44. The van der Waals surface area contributed by atoms with Crippen LogP contribution in [0.15, 0.2) is 36.5 Å². The van der Waals surface area contributed by atoms with Crippen LogP contribution in [0.3, 0.4) is 0 Å². The minimum atomic E-state index is -0.852. The monoisotopic (exact) mass is 1120 g/mol. The van der Waals surface area contributed by atoms with E-state index in [1.165, 1.54) is 321 Å². The summed E-state index contributed by atoms with van der Waals surface area (Å²) in [5, 5.41) is 23.3. The van der Waals surface area contributed by atoms with Crippen molar-refractivity contribution in [1.82, 2.24) is 5.32 Å². The van der Waals surface area contributed by atoms with E-state index in [-0.39, 0.29) is 18.5 Å². The van der Waals surface area contributed by atoms with Crippen molar-refractivity contribution in [3.63, 3.8) is 0 Å². The van der Waals surface area contributed by atoms with Gasteiger partial charge in [-0.05, 0) is 83.5 Å². The normalized spacial score (nSPS) is 12.7. The summed E-state index contributed by atoms with van der Waals surface area (Å²) in [4.78, 5) is 24.6. The largest absolute Gasteiger partial charge is 0.466 e. The number of aliphatic hydroxyl groups excluding tert-OH is 2. The van der Waals surface area contributed by atoms with Crippen LogP contribution >= 0.6 is 0 Å². The number of amides is 1. The molecule has 0 aliphatic rings. The van der Waals surface area contributed by atoms with Gasteiger partial charge in [-0.15, -0.1) is 0 Å². The molecule has 0 aliphatic carbocycles. The number of rotatable bonds is 68. The van der Waals surface area contributed by atoms with E-state index in [4.69, 9.17) is 4.74 Å².